The number of carbonyl (C=O) groups excluding carboxylic acids is 1. The van der Waals surface area contributed by atoms with E-state index in [4.69, 9.17) is 0 Å². The van der Waals surface area contributed by atoms with Crippen LogP contribution in [0.15, 0.2) is 30.3 Å². The van der Waals surface area contributed by atoms with Gasteiger partial charge in [0.05, 0.1) is 0 Å². The van der Waals surface area contributed by atoms with Gasteiger partial charge in [0.1, 0.15) is 0 Å². The number of hydrogen-bond donors (Lipinski definition) is 2. The standard InChI is InChI=1S/C18H26N2O2/c1-13-9-16(13)18(22)19-17-11-20(8-7-15(17)12-21)10-14-5-3-2-4-6-14/h2-6,13,15-17,21H,7-12H2,1H3,(H,19,22). The van der Waals surface area contributed by atoms with Crippen LogP contribution in [0, 0.1) is 17.8 Å². The van der Waals surface area contributed by atoms with E-state index in [0.717, 1.165) is 32.5 Å². The molecule has 1 saturated heterocycles. The molecular weight excluding hydrogens is 276 g/mol. The van der Waals surface area contributed by atoms with Crippen LogP contribution < -0.4 is 5.32 Å². The fraction of sp³-hybridized carbons (Fsp3) is 0.611. The number of nitrogens with zero attached hydrogens (tertiary/aromatic N) is 1. The quantitative estimate of drug-likeness (QED) is 0.869. The van der Waals surface area contributed by atoms with Gasteiger partial charge >= 0.3 is 0 Å². The second-order valence-electron chi connectivity index (χ2n) is 6.89. The first-order valence-corrected chi connectivity index (χ1v) is 8.35. The maximum Gasteiger partial charge on any atom is 0.223 e. The Bertz CT molecular complexity index is 505. The van der Waals surface area contributed by atoms with Crippen LogP contribution in [0.4, 0.5) is 0 Å². The number of carbonyl (C=O) groups is 1. The molecule has 1 aliphatic carbocycles. The molecule has 2 aliphatic rings. The summed E-state index contributed by atoms with van der Waals surface area (Å²) in [6.07, 6.45) is 1.95. The fourth-order valence-corrected chi connectivity index (χ4v) is 3.41. The molecule has 4 unspecified atom stereocenters. The minimum Gasteiger partial charge on any atom is -0.396 e. The van der Waals surface area contributed by atoms with E-state index in [9.17, 15) is 9.90 Å². The van der Waals surface area contributed by atoms with Gasteiger partial charge in [-0.3, -0.25) is 9.69 Å². The average molecular weight is 302 g/mol. The van der Waals surface area contributed by atoms with Crippen LogP contribution in [0.3, 0.4) is 0 Å². The monoisotopic (exact) mass is 302 g/mol. The van der Waals surface area contributed by atoms with E-state index >= 15 is 0 Å². The van der Waals surface area contributed by atoms with Gasteiger partial charge in [-0.25, -0.2) is 0 Å². The van der Waals surface area contributed by atoms with Crippen LogP contribution in [0.2, 0.25) is 0 Å². The van der Waals surface area contributed by atoms with Gasteiger partial charge in [0, 0.05) is 37.6 Å². The van der Waals surface area contributed by atoms with Gasteiger partial charge in [0.2, 0.25) is 5.91 Å². The zero-order chi connectivity index (χ0) is 15.5. The number of aliphatic hydroxyl groups excluding tert-OH is 1. The van der Waals surface area contributed by atoms with E-state index in [1.165, 1.54) is 5.56 Å². The highest BCUT2D eigenvalue weighted by molar-refractivity contribution is 5.81. The van der Waals surface area contributed by atoms with Gasteiger partial charge in [-0.05, 0) is 30.9 Å². The largest absolute Gasteiger partial charge is 0.396 e. The summed E-state index contributed by atoms with van der Waals surface area (Å²) >= 11 is 0. The molecule has 4 heteroatoms. The molecule has 1 aromatic rings. The summed E-state index contributed by atoms with van der Waals surface area (Å²) in [6.45, 7) is 4.99. The highest BCUT2D eigenvalue weighted by Gasteiger charge is 2.41. The van der Waals surface area contributed by atoms with Crippen LogP contribution >= 0.6 is 0 Å². The number of piperidine rings is 1. The van der Waals surface area contributed by atoms with E-state index in [2.05, 4.69) is 41.4 Å². The van der Waals surface area contributed by atoms with Crippen molar-refractivity contribution in [2.45, 2.75) is 32.4 Å². The first-order chi connectivity index (χ1) is 10.7. The van der Waals surface area contributed by atoms with Crippen molar-refractivity contribution in [2.24, 2.45) is 17.8 Å². The summed E-state index contributed by atoms with van der Waals surface area (Å²) in [5.74, 6) is 1.09. The Hall–Kier alpha value is -1.39. The summed E-state index contributed by atoms with van der Waals surface area (Å²) < 4.78 is 0. The second kappa shape index (κ2) is 6.80. The lowest BCUT2D eigenvalue weighted by atomic mass is 9.91. The van der Waals surface area contributed by atoms with Crippen LogP contribution in [-0.4, -0.2) is 41.7 Å². The Morgan fingerprint density at radius 1 is 1.36 bits per heavy atom. The summed E-state index contributed by atoms with van der Waals surface area (Å²) in [7, 11) is 0. The molecule has 2 N–H and O–H groups in total. The zero-order valence-corrected chi connectivity index (χ0v) is 13.2. The topological polar surface area (TPSA) is 52.6 Å². The Kier molecular flexibility index (Phi) is 4.79. The van der Waals surface area contributed by atoms with Crippen molar-refractivity contribution in [3.63, 3.8) is 0 Å². The molecule has 1 aromatic carbocycles. The minimum absolute atomic E-state index is 0.0720. The van der Waals surface area contributed by atoms with Crippen molar-refractivity contribution in [3.05, 3.63) is 35.9 Å². The molecule has 0 aromatic heterocycles. The van der Waals surface area contributed by atoms with Crippen LogP contribution in [0.25, 0.3) is 0 Å². The Morgan fingerprint density at radius 2 is 2.09 bits per heavy atom. The predicted octanol–water partition coefficient (Wildman–Crippen LogP) is 1.64. The number of rotatable bonds is 5. The van der Waals surface area contributed by atoms with Gasteiger partial charge in [0.15, 0.2) is 0 Å². The fourth-order valence-electron chi connectivity index (χ4n) is 3.41. The lowest BCUT2D eigenvalue weighted by molar-refractivity contribution is -0.124. The van der Waals surface area contributed by atoms with Gasteiger partial charge in [-0.1, -0.05) is 37.3 Å². The van der Waals surface area contributed by atoms with E-state index in [1.807, 2.05) is 6.07 Å². The molecule has 3 rings (SSSR count). The molecule has 22 heavy (non-hydrogen) atoms. The summed E-state index contributed by atoms with van der Waals surface area (Å²) in [5, 5.41) is 12.8. The molecule has 1 saturated carbocycles. The molecule has 120 valence electrons. The third-order valence-electron chi connectivity index (χ3n) is 5.10. The van der Waals surface area contributed by atoms with Gasteiger partial charge in [-0.15, -0.1) is 0 Å². The molecule has 1 aliphatic heterocycles. The average Bonchev–Trinajstić information content (AvgIpc) is 3.26. The lowest BCUT2D eigenvalue weighted by Crippen LogP contribution is -2.53. The Morgan fingerprint density at radius 3 is 2.73 bits per heavy atom. The van der Waals surface area contributed by atoms with Gasteiger partial charge in [0.25, 0.3) is 0 Å². The first kappa shape index (κ1) is 15.5. The molecule has 0 radical (unpaired) electrons. The predicted molar refractivity (Wildman–Crippen MR) is 86.1 cm³/mol. The molecular formula is C18H26N2O2. The second-order valence-corrected chi connectivity index (χ2v) is 6.89. The number of aliphatic hydroxyl groups is 1. The third-order valence-corrected chi connectivity index (χ3v) is 5.10. The van der Waals surface area contributed by atoms with Crippen molar-refractivity contribution >= 4 is 5.91 Å². The summed E-state index contributed by atoms with van der Waals surface area (Å²) in [4.78, 5) is 14.6. The lowest BCUT2D eigenvalue weighted by Gasteiger charge is -2.38. The summed E-state index contributed by atoms with van der Waals surface area (Å²) in [5.41, 5.74) is 1.30. The Labute approximate surface area is 132 Å². The van der Waals surface area contributed by atoms with E-state index in [0.29, 0.717) is 5.92 Å². The number of hydrogen-bond acceptors (Lipinski definition) is 3. The number of benzene rings is 1. The maximum absolute atomic E-state index is 12.2. The first-order valence-electron chi connectivity index (χ1n) is 8.35. The van der Waals surface area contributed by atoms with Gasteiger partial charge < -0.3 is 10.4 Å². The van der Waals surface area contributed by atoms with Crippen molar-refractivity contribution in [1.82, 2.24) is 10.2 Å². The molecule has 0 spiro atoms. The number of amides is 1. The molecule has 1 heterocycles. The SMILES string of the molecule is CC1CC1C(=O)NC1CN(Cc2ccccc2)CCC1CO. The molecule has 1 amide bonds. The smallest absolute Gasteiger partial charge is 0.223 e. The molecule has 0 bridgehead atoms. The van der Waals surface area contributed by atoms with E-state index in [1.54, 1.807) is 0 Å². The highest BCUT2D eigenvalue weighted by atomic mass is 16.3. The Balaban J connectivity index is 1.58. The zero-order valence-electron chi connectivity index (χ0n) is 13.2. The minimum atomic E-state index is 0.0720. The number of nitrogens with one attached hydrogen (secondary N) is 1. The van der Waals surface area contributed by atoms with Crippen molar-refractivity contribution in [2.75, 3.05) is 19.7 Å². The third kappa shape index (κ3) is 3.68. The molecule has 4 atom stereocenters. The highest BCUT2D eigenvalue weighted by Crippen LogP contribution is 2.38. The van der Waals surface area contributed by atoms with Gasteiger partial charge in [-0.2, -0.15) is 0 Å². The summed E-state index contributed by atoms with van der Waals surface area (Å²) in [6, 6.07) is 10.5. The molecule has 2 fully saturated rings. The van der Waals surface area contributed by atoms with Crippen LogP contribution in [0.5, 0.6) is 0 Å². The van der Waals surface area contributed by atoms with Crippen molar-refractivity contribution in [3.8, 4) is 0 Å². The van der Waals surface area contributed by atoms with Crippen molar-refractivity contribution < 1.29 is 9.90 Å². The van der Waals surface area contributed by atoms with E-state index in [-0.39, 0.29) is 30.4 Å². The normalized spacial score (nSPS) is 31.7. The molecule has 4 nitrogen and oxygen atoms in total. The van der Waals surface area contributed by atoms with E-state index < -0.39 is 0 Å². The maximum atomic E-state index is 12.2. The van der Waals surface area contributed by atoms with Crippen LogP contribution in [0.1, 0.15) is 25.3 Å². The van der Waals surface area contributed by atoms with Crippen molar-refractivity contribution in [1.29, 1.82) is 0 Å². The van der Waals surface area contributed by atoms with Crippen LogP contribution in [-0.2, 0) is 11.3 Å². The number of likely N-dealkylation sites (tertiary alicyclic amines) is 1.